The summed E-state index contributed by atoms with van der Waals surface area (Å²) in [5, 5.41) is 5.17. The zero-order chi connectivity index (χ0) is 63.8. The van der Waals surface area contributed by atoms with Crippen molar-refractivity contribution in [3.63, 3.8) is 0 Å². The summed E-state index contributed by atoms with van der Waals surface area (Å²) in [5.74, 6) is 0. The highest BCUT2D eigenvalue weighted by Crippen LogP contribution is 2.63. The predicted molar refractivity (Wildman–Crippen MR) is 412 cm³/mol. The molecule has 14 aromatic carbocycles. The maximum Gasteiger partial charge on any atom is 0.0725 e. The van der Waals surface area contributed by atoms with E-state index >= 15 is 0 Å². The number of allylic oxidation sites excluding steroid dienone is 5. The molecule has 0 atom stereocenters. The van der Waals surface area contributed by atoms with Crippen LogP contribution in [0.3, 0.4) is 0 Å². The molecule has 0 N–H and O–H groups in total. The first-order chi connectivity index (χ1) is 47.5. The van der Waals surface area contributed by atoms with Gasteiger partial charge in [-0.1, -0.05) is 267 Å². The minimum atomic E-state index is -0.585. The molecule has 0 saturated carbocycles. The Labute approximate surface area is 567 Å². The van der Waals surface area contributed by atoms with Crippen LogP contribution >= 0.6 is 22.7 Å². The van der Waals surface area contributed by atoms with Crippen molar-refractivity contribution in [3.05, 3.63) is 380 Å². The van der Waals surface area contributed by atoms with E-state index < -0.39 is 5.41 Å². The number of nitrogens with zero attached hydrogens (tertiary/aromatic N) is 2. The molecule has 2 aliphatic carbocycles. The normalized spacial score (nSPS) is 12.9. The summed E-state index contributed by atoms with van der Waals surface area (Å²) in [7, 11) is 0. The van der Waals surface area contributed by atoms with Crippen LogP contribution in [0.4, 0.5) is 34.1 Å². The van der Waals surface area contributed by atoms with Crippen LogP contribution in [0.5, 0.6) is 0 Å². The molecule has 0 saturated heterocycles. The number of fused-ring (bicyclic) bond motifs is 13. The van der Waals surface area contributed by atoms with Gasteiger partial charge in [-0.3, -0.25) is 0 Å². The highest BCUT2D eigenvalue weighted by molar-refractivity contribution is 7.26. The van der Waals surface area contributed by atoms with Crippen molar-refractivity contribution in [2.45, 2.75) is 12.3 Å². The molecule has 96 heavy (non-hydrogen) atoms. The van der Waals surface area contributed by atoms with Gasteiger partial charge in [0.05, 0.1) is 5.41 Å². The Hall–Kier alpha value is -11.7. The molecule has 0 radical (unpaired) electrons. The van der Waals surface area contributed by atoms with Crippen LogP contribution in [0.1, 0.15) is 29.2 Å². The summed E-state index contributed by atoms with van der Waals surface area (Å²) in [4.78, 5) is 4.91. The highest BCUT2D eigenvalue weighted by atomic mass is 32.1. The molecule has 0 fully saturated rings. The van der Waals surface area contributed by atoms with Crippen LogP contribution in [0, 0.1) is 0 Å². The third-order valence-corrected chi connectivity index (χ3v) is 22.2. The summed E-state index contributed by atoms with van der Waals surface area (Å²) in [6, 6.07) is 122. The average molecular weight is 1260 g/mol. The molecule has 18 rings (SSSR count). The fourth-order valence-corrected chi connectivity index (χ4v) is 18.0. The first-order valence-corrected chi connectivity index (χ1v) is 34.6. The van der Waals surface area contributed by atoms with E-state index in [4.69, 9.17) is 0 Å². The Bertz CT molecular complexity index is 5470. The maximum atomic E-state index is 4.53. The Morgan fingerprint density at radius 3 is 1.14 bits per heavy atom. The fraction of sp³-hybridized carbons (Fsp3) is 0.0217. The summed E-state index contributed by atoms with van der Waals surface area (Å²) >= 11 is 3.74. The van der Waals surface area contributed by atoms with Crippen molar-refractivity contribution in [2.24, 2.45) is 0 Å². The van der Waals surface area contributed by atoms with Crippen molar-refractivity contribution in [1.29, 1.82) is 0 Å². The van der Waals surface area contributed by atoms with Gasteiger partial charge in [0.25, 0.3) is 0 Å². The number of hydrogen-bond acceptors (Lipinski definition) is 4. The number of thiophene rings is 2. The quantitative estimate of drug-likeness (QED) is 0.114. The van der Waals surface area contributed by atoms with Crippen LogP contribution in [-0.4, -0.2) is 0 Å². The van der Waals surface area contributed by atoms with Crippen molar-refractivity contribution in [3.8, 4) is 66.8 Å². The van der Waals surface area contributed by atoms with Gasteiger partial charge in [0, 0.05) is 74.5 Å². The smallest absolute Gasteiger partial charge is 0.0725 e. The second kappa shape index (κ2) is 23.4. The van der Waals surface area contributed by atoms with Crippen LogP contribution < -0.4 is 9.80 Å². The average Bonchev–Trinajstić information content (AvgIpc) is 1.51. The van der Waals surface area contributed by atoms with Gasteiger partial charge in [0.1, 0.15) is 0 Å². The lowest BCUT2D eigenvalue weighted by Crippen LogP contribution is -2.26. The topological polar surface area (TPSA) is 6.48 Å². The molecule has 2 aromatic heterocycles. The van der Waals surface area contributed by atoms with Crippen LogP contribution in [0.25, 0.3) is 113 Å². The Morgan fingerprint density at radius 2 is 0.677 bits per heavy atom. The van der Waals surface area contributed by atoms with Gasteiger partial charge in [-0.25, -0.2) is 0 Å². The molecule has 16 aromatic rings. The molecule has 2 aliphatic rings. The third kappa shape index (κ3) is 9.28. The lowest BCUT2D eigenvalue weighted by molar-refractivity contribution is 0.786. The van der Waals surface area contributed by atoms with Gasteiger partial charge in [-0.2, -0.15) is 0 Å². The number of anilines is 6. The van der Waals surface area contributed by atoms with E-state index in [-0.39, 0.29) is 0 Å². The minimum Gasteiger partial charge on any atom is -0.310 e. The van der Waals surface area contributed by atoms with Crippen LogP contribution in [-0.2, 0) is 5.41 Å². The molecular formula is C92H62N2S2. The highest BCUT2D eigenvalue weighted by Gasteiger charge is 2.52. The number of hydrogen-bond donors (Lipinski definition) is 0. The van der Waals surface area contributed by atoms with Gasteiger partial charge in [-0.05, 0) is 192 Å². The zero-order valence-corrected chi connectivity index (χ0v) is 54.5. The molecule has 0 bridgehead atoms. The van der Waals surface area contributed by atoms with Gasteiger partial charge in [0.2, 0.25) is 0 Å². The van der Waals surface area contributed by atoms with Gasteiger partial charge in [-0.15, -0.1) is 22.7 Å². The molecule has 2 heterocycles. The summed E-state index contributed by atoms with van der Waals surface area (Å²) in [6.45, 7) is 6.67. The molecule has 0 aliphatic heterocycles. The summed E-state index contributed by atoms with van der Waals surface area (Å²) < 4.78 is 5.19. The Morgan fingerprint density at radius 1 is 0.292 bits per heavy atom. The van der Waals surface area contributed by atoms with E-state index in [0.29, 0.717) is 0 Å². The minimum absolute atomic E-state index is 0.585. The Balaban J connectivity index is 0.870. The van der Waals surface area contributed by atoms with Gasteiger partial charge >= 0.3 is 0 Å². The van der Waals surface area contributed by atoms with E-state index in [9.17, 15) is 0 Å². The van der Waals surface area contributed by atoms with E-state index in [1.807, 2.05) is 22.7 Å². The maximum absolute atomic E-state index is 4.53. The third-order valence-electron chi connectivity index (χ3n) is 19.8. The van der Waals surface area contributed by atoms with Crippen LogP contribution in [0.15, 0.2) is 358 Å². The first kappa shape index (κ1) is 57.0. The van der Waals surface area contributed by atoms with E-state index in [2.05, 4.69) is 369 Å². The van der Waals surface area contributed by atoms with E-state index in [1.165, 1.54) is 113 Å². The lowest BCUT2D eigenvalue weighted by Gasteiger charge is -2.32. The number of rotatable bonds is 13. The molecule has 2 nitrogen and oxygen atoms in total. The lowest BCUT2D eigenvalue weighted by atomic mass is 9.69. The Kier molecular flexibility index (Phi) is 13.9. The number of benzene rings is 14. The fourth-order valence-electron chi connectivity index (χ4n) is 15.5. The summed E-state index contributed by atoms with van der Waals surface area (Å²) in [5.41, 5.74) is 27.2. The first-order valence-electron chi connectivity index (χ1n) is 32.9. The summed E-state index contributed by atoms with van der Waals surface area (Å²) in [6.07, 6.45) is 6.61. The molecule has 452 valence electrons. The van der Waals surface area contributed by atoms with Crippen molar-refractivity contribution in [1.82, 2.24) is 0 Å². The molecule has 0 unspecified atom stereocenters. The van der Waals surface area contributed by atoms with Gasteiger partial charge in [0.15, 0.2) is 0 Å². The van der Waals surface area contributed by atoms with E-state index in [0.717, 1.165) is 62.0 Å². The van der Waals surface area contributed by atoms with Crippen molar-refractivity contribution in [2.75, 3.05) is 9.80 Å². The second-order valence-electron chi connectivity index (χ2n) is 25.0. The predicted octanol–water partition coefficient (Wildman–Crippen LogP) is 26.5. The standard InChI is InChI=1S/C92H62N2S2/c1-3-21-84-74(4-2)79-55-46-66(58-87(79)92(84)85-34-15-11-26-77(85)78-27-12-16-35-86(78)92)67-56-72(93(68-47-38-62(39-48-68)60-22-7-5-8-23-60)70-51-42-64(43-52-70)75-30-19-32-82-80-28-13-17-36-88(80)95-90(75)82)59-73(57-67)94(69-49-40-63(41-50-69)61-24-9-6-10-25-61)71-53-44-65(45-54-71)76-31-20-33-83-81-29-14-18-37-89(81)96-91(76)83/h3-59H,2H2,1H3/b21-3-. The van der Waals surface area contributed by atoms with E-state index in [1.54, 1.807) is 0 Å². The molecule has 0 amide bonds. The van der Waals surface area contributed by atoms with Crippen molar-refractivity contribution < 1.29 is 0 Å². The SMILES string of the molecule is C=CC1=C(/C=C\C)C2(c3cc(-c4cc(N(c5ccc(-c6ccccc6)cc5)c5ccc(-c6cccc7c6sc6ccccc67)cc5)cc(N(c5ccc(-c6ccccc6)cc5)c5ccc(-c6cccc7c6sc6ccccc67)cc5)c4)ccc31)c1ccccc1-c1ccccc12. The van der Waals surface area contributed by atoms with Crippen LogP contribution in [0.2, 0.25) is 0 Å². The zero-order valence-electron chi connectivity index (χ0n) is 52.8. The monoisotopic (exact) mass is 1260 g/mol. The molecular weight excluding hydrogens is 1200 g/mol. The van der Waals surface area contributed by atoms with Gasteiger partial charge < -0.3 is 9.80 Å². The molecule has 1 spiro atoms. The molecule has 4 heteroatoms. The largest absolute Gasteiger partial charge is 0.310 e. The second-order valence-corrected chi connectivity index (χ2v) is 27.1. The van der Waals surface area contributed by atoms with Crippen molar-refractivity contribution >= 4 is 103 Å².